The number of hydrogen-bond acceptors (Lipinski definition) is 4. The van der Waals surface area contributed by atoms with Gasteiger partial charge in [0, 0.05) is 0 Å². The molecule has 0 unspecified atom stereocenters. The summed E-state index contributed by atoms with van der Waals surface area (Å²) in [6, 6.07) is 0. The fraction of sp³-hybridized carbons (Fsp3) is 0.800. The summed E-state index contributed by atoms with van der Waals surface area (Å²) >= 11 is 0. The van der Waals surface area contributed by atoms with Gasteiger partial charge >= 0.3 is 11.9 Å². The van der Waals surface area contributed by atoms with Gasteiger partial charge in [0.1, 0.15) is 6.10 Å². The van der Waals surface area contributed by atoms with Crippen molar-refractivity contribution in [1.29, 1.82) is 0 Å². The first-order valence-electron chi connectivity index (χ1n) is 5.01. The lowest BCUT2D eigenvalue weighted by Crippen LogP contribution is -2.48. The van der Waals surface area contributed by atoms with Crippen molar-refractivity contribution in [3.63, 3.8) is 0 Å². The number of hydrogen-bond donors (Lipinski definition) is 2. The number of carboxylic acid groups (broad SMARTS) is 1. The number of carbonyl (C=O) groups excluding carboxylic acids is 1. The zero-order chi connectivity index (χ0) is 11.8. The van der Waals surface area contributed by atoms with E-state index in [-0.39, 0.29) is 12.3 Å². The van der Waals surface area contributed by atoms with Crippen molar-refractivity contribution in [2.75, 3.05) is 0 Å². The number of aliphatic carboxylic acids is 1. The van der Waals surface area contributed by atoms with Crippen molar-refractivity contribution >= 4 is 11.9 Å². The Hall–Kier alpha value is -1.10. The molecule has 1 heterocycles. The molecule has 0 spiro atoms. The summed E-state index contributed by atoms with van der Waals surface area (Å²) < 4.78 is 4.86. The average molecular weight is 216 g/mol. The van der Waals surface area contributed by atoms with Crippen LogP contribution < -0.4 is 0 Å². The van der Waals surface area contributed by atoms with Crippen LogP contribution in [0.1, 0.15) is 27.2 Å². The highest BCUT2D eigenvalue weighted by molar-refractivity contribution is 5.88. The van der Waals surface area contributed by atoms with Crippen LogP contribution in [-0.2, 0) is 14.3 Å². The lowest BCUT2D eigenvalue weighted by molar-refractivity contribution is -0.176. The summed E-state index contributed by atoms with van der Waals surface area (Å²) in [7, 11) is 0. The monoisotopic (exact) mass is 216 g/mol. The first-order chi connectivity index (χ1) is 6.86. The van der Waals surface area contributed by atoms with Gasteiger partial charge in [-0.25, -0.2) is 4.79 Å². The molecule has 0 aromatic rings. The quantitative estimate of drug-likeness (QED) is 0.667. The Morgan fingerprint density at radius 2 is 2.13 bits per heavy atom. The molecule has 2 N–H and O–H groups in total. The SMILES string of the molecule is CC[C@@]1(C(=O)O)OC(=O)[C@H](C(C)C)[C@@H]1O. The highest BCUT2D eigenvalue weighted by Gasteiger charge is 2.59. The van der Waals surface area contributed by atoms with Crippen LogP contribution in [0.2, 0.25) is 0 Å². The number of rotatable bonds is 3. The smallest absolute Gasteiger partial charge is 0.350 e. The molecule has 0 amide bonds. The van der Waals surface area contributed by atoms with Crippen molar-refractivity contribution in [3.05, 3.63) is 0 Å². The Bertz CT molecular complexity index is 286. The van der Waals surface area contributed by atoms with Gasteiger partial charge < -0.3 is 14.9 Å². The Kier molecular flexibility index (Phi) is 3.04. The number of esters is 1. The van der Waals surface area contributed by atoms with Crippen LogP contribution >= 0.6 is 0 Å². The summed E-state index contributed by atoms with van der Waals surface area (Å²) in [4.78, 5) is 22.5. The topological polar surface area (TPSA) is 83.8 Å². The van der Waals surface area contributed by atoms with Gasteiger partial charge in [0.15, 0.2) is 0 Å². The third-order valence-corrected chi connectivity index (χ3v) is 2.98. The fourth-order valence-corrected chi connectivity index (χ4v) is 1.97. The van der Waals surface area contributed by atoms with Gasteiger partial charge in [-0.1, -0.05) is 20.8 Å². The third-order valence-electron chi connectivity index (χ3n) is 2.98. The molecule has 1 saturated heterocycles. The molecule has 5 heteroatoms. The van der Waals surface area contributed by atoms with Crippen LogP contribution in [0.5, 0.6) is 0 Å². The van der Waals surface area contributed by atoms with Crippen LogP contribution in [-0.4, -0.2) is 33.9 Å². The normalized spacial score (nSPS) is 35.7. The van der Waals surface area contributed by atoms with E-state index in [1.807, 2.05) is 0 Å². The van der Waals surface area contributed by atoms with Crippen LogP contribution in [0, 0.1) is 11.8 Å². The molecule has 0 aromatic heterocycles. The van der Waals surface area contributed by atoms with E-state index in [4.69, 9.17) is 9.84 Å². The molecule has 1 aliphatic heterocycles. The molecule has 86 valence electrons. The summed E-state index contributed by atoms with van der Waals surface area (Å²) in [6.45, 7) is 5.08. The second-order valence-electron chi connectivity index (χ2n) is 4.18. The number of aliphatic hydroxyl groups is 1. The van der Waals surface area contributed by atoms with Crippen LogP contribution in [0.3, 0.4) is 0 Å². The van der Waals surface area contributed by atoms with E-state index in [0.717, 1.165) is 0 Å². The second kappa shape index (κ2) is 3.81. The van der Waals surface area contributed by atoms with E-state index in [1.165, 1.54) is 0 Å². The maximum absolute atomic E-state index is 11.5. The minimum absolute atomic E-state index is 0.0679. The number of ether oxygens (including phenoxy) is 1. The molecular weight excluding hydrogens is 200 g/mol. The first kappa shape index (κ1) is 12.0. The lowest BCUT2D eigenvalue weighted by Gasteiger charge is -2.26. The maximum atomic E-state index is 11.5. The molecule has 3 atom stereocenters. The molecule has 1 fully saturated rings. The molecule has 0 bridgehead atoms. The van der Waals surface area contributed by atoms with Crippen LogP contribution in [0.15, 0.2) is 0 Å². The number of carboxylic acids is 1. The third kappa shape index (κ3) is 1.61. The molecule has 1 rings (SSSR count). The van der Waals surface area contributed by atoms with Gasteiger partial charge in [0.2, 0.25) is 5.60 Å². The molecule has 0 aromatic carbocycles. The van der Waals surface area contributed by atoms with Crippen molar-refractivity contribution in [3.8, 4) is 0 Å². The Morgan fingerprint density at radius 1 is 1.60 bits per heavy atom. The minimum atomic E-state index is -1.76. The van der Waals surface area contributed by atoms with Gasteiger partial charge in [0.05, 0.1) is 5.92 Å². The molecule has 0 radical (unpaired) electrons. The van der Waals surface area contributed by atoms with Crippen molar-refractivity contribution in [2.24, 2.45) is 11.8 Å². The van der Waals surface area contributed by atoms with Gasteiger partial charge in [0.25, 0.3) is 0 Å². The predicted octanol–water partition coefficient (Wildman–Crippen LogP) is 0.410. The van der Waals surface area contributed by atoms with Gasteiger partial charge in [-0.3, -0.25) is 4.79 Å². The summed E-state index contributed by atoms with van der Waals surface area (Å²) in [5, 5.41) is 18.9. The van der Waals surface area contributed by atoms with Gasteiger partial charge in [-0.2, -0.15) is 0 Å². The van der Waals surface area contributed by atoms with E-state index in [0.29, 0.717) is 0 Å². The highest BCUT2D eigenvalue weighted by atomic mass is 16.6. The number of carbonyl (C=O) groups is 2. The zero-order valence-electron chi connectivity index (χ0n) is 9.06. The summed E-state index contributed by atoms with van der Waals surface area (Å²) in [6.07, 6.45) is -1.20. The Labute approximate surface area is 88.0 Å². The predicted molar refractivity (Wildman–Crippen MR) is 51.1 cm³/mol. The Balaban J connectivity index is 3.07. The van der Waals surface area contributed by atoms with Crippen molar-refractivity contribution in [2.45, 2.75) is 38.9 Å². The first-order valence-corrected chi connectivity index (χ1v) is 5.01. The lowest BCUT2D eigenvalue weighted by atomic mass is 9.82. The highest BCUT2D eigenvalue weighted by Crippen LogP contribution is 2.38. The molecule has 1 aliphatic rings. The van der Waals surface area contributed by atoms with Gasteiger partial charge in [-0.05, 0) is 12.3 Å². The van der Waals surface area contributed by atoms with E-state index in [2.05, 4.69) is 0 Å². The number of aliphatic hydroxyl groups excluding tert-OH is 1. The minimum Gasteiger partial charge on any atom is -0.478 e. The number of cyclic esters (lactones) is 1. The molecule has 5 nitrogen and oxygen atoms in total. The van der Waals surface area contributed by atoms with Crippen LogP contribution in [0.4, 0.5) is 0 Å². The average Bonchev–Trinajstić information content (AvgIpc) is 2.38. The summed E-state index contributed by atoms with van der Waals surface area (Å²) in [5.41, 5.74) is -1.76. The second-order valence-corrected chi connectivity index (χ2v) is 4.18. The van der Waals surface area contributed by atoms with Crippen LogP contribution in [0.25, 0.3) is 0 Å². The van der Waals surface area contributed by atoms with Crippen molar-refractivity contribution < 1.29 is 24.5 Å². The maximum Gasteiger partial charge on any atom is 0.350 e. The molecule has 15 heavy (non-hydrogen) atoms. The van der Waals surface area contributed by atoms with Crippen molar-refractivity contribution in [1.82, 2.24) is 0 Å². The summed E-state index contributed by atoms with van der Waals surface area (Å²) in [5.74, 6) is -2.79. The van der Waals surface area contributed by atoms with E-state index >= 15 is 0 Å². The standard InChI is InChI=1S/C10H16O5/c1-4-10(9(13)14)7(11)6(5(2)3)8(12)15-10/h5-7,11H,4H2,1-3H3,(H,13,14)/t6-,7+,10-/m1/s1. The van der Waals surface area contributed by atoms with Gasteiger partial charge in [-0.15, -0.1) is 0 Å². The molecular formula is C10H16O5. The molecule has 0 saturated carbocycles. The zero-order valence-corrected chi connectivity index (χ0v) is 9.06. The van der Waals surface area contributed by atoms with E-state index in [9.17, 15) is 14.7 Å². The fourth-order valence-electron chi connectivity index (χ4n) is 1.97. The Morgan fingerprint density at radius 3 is 2.33 bits per heavy atom. The largest absolute Gasteiger partial charge is 0.478 e. The van der Waals surface area contributed by atoms with E-state index in [1.54, 1.807) is 20.8 Å². The van der Waals surface area contributed by atoms with E-state index < -0.39 is 29.6 Å². The molecule has 0 aliphatic carbocycles.